The van der Waals surface area contributed by atoms with Gasteiger partial charge in [-0.3, -0.25) is 4.90 Å². The molecule has 31 heavy (non-hydrogen) atoms. The summed E-state index contributed by atoms with van der Waals surface area (Å²) in [5.74, 6) is 1.03. The van der Waals surface area contributed by atoms with Crippen LogP contribution < -0.4 is 0 Å². The predicted octanol–water partition coefficient (Wildman–Crippen LogP) is 6.68. The Morgan fingerprint density at radius 3 is 2.23 bits per heavy atom. The van der Waals surface area contributed by atoms with Gasteiger partial charge in [-0.2, -0.15) is 0 Å². The van der Waals surface area contributed by atoms with Crippen LogP contribution in [-0.2, 0) is 4.74 Å². The monoisotopic (exact) mass is 413 g/mol. The van der Waals surface area contributed by atoms with Crippen molar-refractivity contribution in [1.29, 1.82) is 0 Å². The van der Waals surface area contributed by atoms with Gasteiger partial charge in [0.1, 0.15) is 6.61 Å². The van der Waals surface area contributed by atoms with E-state index in [9.17, 15) is 4.79 Å². The SMILES string of the molecule is O=C(OCC1c2ccccc2-c2ccccc21)N1C2C=C(CC3CCC3)CC1CCC2. The minimum Gasteiger partial charge on any atom is -0.448 e. The third-order valence-corrected chi connectivity index (χ3v) is 8.04. The molecule has 0 radical (unpaired) electrons. The molecule has 2 aliphatic heterocycles. The van der Waals surface area contributed by atoms with Crippen LogP contribution in [0, 0.1) is 5.92 Å². The number of hydrogen-bond donors (Lipinski definition) is 0. The van der Waals surface area contributed by atoms with Crippen LogP contribution in [0.25, 0.3) is 11.1 Å². The quantitative estimate of drug-likeness (QED) is 0.523. The zero-order valence-electron chi connectivity index (χ0n) is 18.1. The highest BCUT2D eigenvalue weighted by molar-refractivity contribution is 5.79. The first-order valence-corrected chi connectivity index (χ1v) is 12.1. The Labute approximate surface area is 185 Å². The summed E-state index contributed by atoms with van der Waals surface area (Å²) in [6.45, 7) is 0.418. The van der Waals surface area contributed by atoms with Crippen LogP contribution in [0.4, 0.5) is 4.79 Å². The lowest BCUT2D eigenvalue weighted by Gasteiger charge is -2.45. The number of benzene rings is 2. The van der Waals surface area contributed by atoms with E-state index in [0.29, 0.717) is 12.6 Å². The fraction of sp³-hybridized carbons (Fsp3) is 0.464. The van der Waals surface area contributed by atoms with Crippen LogP contribution in [0.2, 0.25) is 0 Å². The third kappa shape index (κ3) is 3.39. The van der Waals surface area contributed by atoms with Gasteiger partial charge in [-0.1, -0.05) is 79.4 Å². The Balaban J connectivity index is 1.18. The Hall–Kier alpha value is -2.55. The van der Waals surface area contributed by atoms with Gasteiger partial charge in [0.05, 0.1) is 6.04 Å². The van der Waals surface area contributed by atoms with Gasteiger partial charge in [0.25, 0.3) is 0 Å². The highest BCUT2D eigenvalue weighted by Crippen LogP contribution is 2.45. The van der Waals surface area contributed by atoms with E-state index in [1.165, 1.54) is 54.4 Å². The molecule has 1 saturated carbocycles. The summed E-state index contributed by atoms with van der Waals surface area (Å²) < 4.78 is 6.02. The van der Waals surface area contributed by atoms with Crippen molar-refractivity contribution in [1.82, 2.24) is 4.90 Å². The molecule has 2 aromatic carbocycles. The average Bonchev–Trinajstić information content (AvgIpc) is 3.08. The zero-order valence-corrected chi connectivity index (χ0v) is 18.1. The molecule has 2 aromatic rings. The van der Waals surface area contributed by atoms with E-state index < -0.39 is 0 Å². The van der Waals surface area contributed by atoms with Crippen molar-refractivity contribution >= 4 is 6.09 Å². The number of ether oxygens (including phenoxy) is 1. The first kappa shape index (κ1) is 19.2. The molecular weight excluding hydrogens is 382 g/mol. The molecule has 3 heteroatoms. The summed E-state index contributed by atoms with van der Waals surface area (Å²) in [5, 5.41) is 0. The van der Waals surface area contributed by atoms with Crippen LogP contribution >= 0.6 is 0 Å². The van der Waals surface area contributed by atoms with Gasteiger partial charge in [-0.05, 0) is 60.3 Å². The van der Waals surface area contributed by atoms with E-state index in [4.69, 9.17) is 4.74 Å². The van der Waals surface area contributed by atoms with Crippen molar-refractivity contribution in [3.05, 3.63) is 71.3 Å². The largest absolute Gasteiger partial charge is 0.448 e. The lowest BCUT2D eigenvalue weighted by Crippen LogP contribution is -2.52. The fourth-order valence-electron chi connectivity index (χ4n) is 6.29. The van der Waals surface area contributed by atoms with Crippen molar-refractivity contribution in [2.45, 2.75) is 69.4 Å². The highest BCUT2D eigenvalue weighted by atomic mass is 16.6. The lowest BCUT2D eigenvalue weighted by atomic mass is 9.76. The van der Waals surface area contributed by atoms with Gasteiger partial charge in [-0.25, -0.2) is 4.79 Å². The van der Waals surface area contributed by atoms with E-state index in [-0.39, 0.29) is 18.1 Å². The zero-order chi connectivity index (χ0) is 20.8. The van der Waals surface area contributed by atoms with Crippen LogP contribution in [0.15, 0.2) is 60.2 Å². The molecule has 160 valence electrons. The Morgan fingerprint density at radius 2 is 1.58 bits per heavy atom. The summed E-state index contributed by atoms with van der Waals surface area (Å²) in [5.41, 5.74) is 6.70. The summed E-state index contributed by atoms with van der Waals surface area (Å²) in [7, 11) is 0. The minimum atomic E-state index is -0.115. The lowest BCUT2D eigenvalue weighted by molar-refractivity contribution is 0.0501. The van der Waals surface area contributed by atoms with Crippen LogP contribution in [-0.4, -0.2) is 29.7 Å². The van der Waals surface area contributed by atoms with Gasteiger partial charge in [0, 0.05) is 12.0 Å². The van der Waals surface area contributed by atoms with Gasteiger partial charge in [0.15, 0.2) is 0 Å². The summed E-state index contributed by atoms with van der Waals surface area (Å²) in [6, 6.07) is 17.6. The number of carbonyl (C=O) groups excluding carboxylic acids is 1. The maximum Gasteiger partial charge on any atom is 0.410 e. The van der Waals surface area contributed by atoms with Gasteiger partial charge in [0.2, 0.25) is 0 Å². The molecule has 1 saturated heterocycles. The molecule has 2 bridgehead atoms. The van der Waals surface area contributed by atoms with Crippen molar-refractivity contribution in [3.63, 3.8) is 0 Å². The van der Waals surface area contributed by atoms with E-state index >= 15 is 0 Å². The molecule has 0 aromatic heterocycles. The van der Waals surface area contributed by atoms with Crippen LogP contribution in [0.5, 0.6) is 0 Å². The molecule has 0 spiro atoms. The molecule has 2 aliphatic carbocycles. The molecule has 2 heterocycles. The Kier molecular flexibility index (Phi) is 4.85. The maximum atomic E-state index is 13.3. The van der Waals surface area contributed by atoms with Crippen molar-refractivity contribution in [3.8, 4) is 11.1 Å². The second-order valence-corrected chi connectivity index (χ2v) is 9.89. The van der Waals surface area contributed by atoms with Gasteiger partial charge in [-0.15, -0.1) is 0 Å². The molecule has 2 fully saturated rings. The molecular formula is C28H31NO2. The van der Waals surface area contributed by atoms with Crippen molar-refractivity contribution in [2.75, 3.05) is 6.61 Å². The summed E-state index contributed by atoms with van der Waals surface area (Å²) in [4.78, 5) is 15.3. The van der Waals surface area contributed by atoms with E-state index in [0.717, 1.165) is 25.2 Å². The molecule has 4 aliphatic rings. The van der Waals surface area contributed by atoms with Crippen LogP contribution in [0.1, 0.15) is 68.4 Å². The maximum absolute atomic E-state index is 13.3. The second-order valence-electron chi connectivity index (χ2n) is 9.89. The number of nitrogens with zero attached hydrogens (tertiary/aromatic N) is 1. The summed E-state index contributed by atoms with van der Waals surface area (Å²) >= 11 is 0. The number of amides is 1. The molecule has 3 nitrogen and oxygen atoms in total. The smallest absolute Gasteiger partial charge is 0.410 e. The number of fused-ring (bicyclic) bond motifs is 5. The number of rotatable bonds is 4. The van der Waals surface area contributed by atoms with Crippen molar-refractivity contribution in [2.24, 2.45) is 5.92 Å². The van der Waals surface area contributed by atoms with Gasteiger partial charge >= 0.3 is 6.09 Å². The predicted molar refractivity (Wildman–Crippen MR) is 123 cm³/mol. The first-order valence-electron chi connectivity index (χ1n) is 12.1. The Morgan fingerprint density at radius 1 is 0.903 bits per heavy atom. The van der Waals surface area contributed by atoms with E-state index in [2.05, 4.69) is 59.5 Å². The molecule has 6 rings (SSSR count). The topological polar surface area (TPSA) is 29.5 Å². The molecule has 2 atom stereocenters. The van der Waals surface area contributed by atoms with E-state index in [1.54, 1.807) is 5.57 Å². The molecule has 1 amide bonds. The molecule has 0 N–H and O–H groups in total. The first-order chi connectivity index (χ1) is 15.3. The Bertz CT molecular complexity index is 976. The molecule has 2 unspecified atom stereocenters. The normalized spacial score (nSPS) is 24.8. The fourth-order valence-corrected chi connectivity index (χ4v) is 6.29. The number of piperidine rings is 1. The average molecular weight is 414 g/mol. The second kappa shape index (κ2) is 7.85. The minimum absolute atomic E-state index is 0.115. The van der Waals surface area contributed by atoms with Crippen molar-refractivity contribution < 1.29 is 9.53 Å². The standard InChI is InChI=1S/C28H31NO2/c30-28(29-21-9-6-10-22(29)17-20(16-21)15-19-7-5-8-19)31-18-27-25-13-3-1-11-23(25)24-12-2-4-14-26(24)27/h1-4,11-14,16,19,21-22,27H,5-10,15,17-18H2. The number of carbonyl (C=O) groups is 1. The van der Waals surface area contributed by atoms with Gasteiger partial charge < -0.3 is 4.74 Å². The highest BCUT2D eigenvalue weighted by Gasteiger charge is 2.39. The number of hydrogen-bond acceptors (Lipinski definition) is 2. The third-order valence-electron chi connectivity index (χ3n) is 8.04. The van der Waals surface area contributed by atoms with E-state index in [1.807, 2.05) is 0 Å². The van der Waals surface area contributed by atoms with Crippen LogP contribution in [0.3, 0.4) is 0 Å². The summed E-state index contributed by atoms with van der Waals surface area (Å²) in [6.07, 6.45) is 12.2.